The van der Waals surface area contributed by atoms with Crippen molar-refractivity contribution in [2.45, 2.75) is 52.5 Å². The van der Waals surface area contributed by atoms with E-state index in [2.05, 4.69) is 24.4 Å². The lowest BCUT2D eigenvalue weighted by molar-refractivity contribution is -0.138. The van der Waals surface area contributed by atoms with Gasteiger partial charge in [-0.2, -0.15) is 0 Å². The van der Waals surface area contributed by atoms with Gasteiger partial charge in [0.1, 0.15) is 0 Å². The second-order valence-electron chi connectivity index (χ2n) is 5.69. The summed E-state index contributed by atoms with van der Waals surface area (Å²) in [6, 6.07) is 7.94. The maximum absolute atomic E-state index is 11.9. The normalized spacial score (nSPS) is 12.2. The Morgan fingerprint density at radius 2 is 1.71 bits per heavy atom. The van der Waals surface area contributed by atoms with Gasteiger partial charge < -0.3 is 10.4 Å². The number of aliphatic carboxylic acids is 1. The lowest BCUT2D eigenvalue weighted by atomic mass is 10.0. The van der Waals surface area contributed by atoms with E-state index >= 15 is 0 Å². The van der Waals surface area contributed by atoms with Crippen LogP contribution in [0.3, 0.4) is 0 Å². The van der Waals surface area contributed by atoms with Gasteiger partial charge in [-0.15, -0.1) is 0 Å². The van der Waals surface area contributed by atoms with Crippen LogP contribution in [0.5, 0.6) is 0 Å². The highest BCUT2D eigenvalue weighted by atomic mass is 16.4. The van der Waals surface area contributed by atoms with Crippen LogP contribution in [-0.4, -0.2) is 23.0 Å². The number of amides is 1. The van der Waals surface area contributed by atoms with Crippen LogP contribution >= 0.6 is 0 Å². The first-order valence-electron chi connectivity index (χ1n) is 7.51. The number of aryl methyl sites for hydroxylation is 2. The predicted octanol–water partition coefficient (Wildman–Crippen LogP) is 2.80. The summed E-state index contributed by atoms with van der Waals surface area (Å²) >= 11 is 0. The third-order valence-electron chi connectivity index (χ3n) is 3.62. The topological polar surface area (TPSA) is 66.4 Å². The molecule has 0 fully saturated rings. The first-order valence-corrected chi connectivity index (χ1v) is 7.51. The van der Waals surface area contributed by atoms with Crippen LogP contribution in [-0.2, 0) is 22.4 Å². The van der Waals surface area contributed by atoms with Gasteiger partial charge in [-0.05, 0) is 29.9 Å². The molecule has 1 rings (SSSR count). The molecule has 0 aliphatic rings. The van der Waals surface area contributed by atoms with Gasteiger partial charge in [0, 0.05) is 12.5 Å². The van der Waals surface area contributed by atoms with Gasteiger partial charge in [0.2, 0.25) is 5.91 Å². The number of benzene rings is 1. The Morgan fingerprint density at radius 3 is 2.19 bits per heavy atom. The molecule has 1 aromatic carbocycles. The maximum Gasteiger partial charge on any atom is 0.305 e. The molecule has 4 nitrogen and oxygen atoms in total. The molecule has 21 heavy (non-hydrogen) atoms. The summed E-state index contributed by atoms with van der Waals surface area (Å²) in [4.78, 5) is 22.7. The number of carbonyl (C=O) groups excluding carboxylic acids is 1. The van der Waals surface area contributed by atoms with Gasteiger partial charge in [-0.3, -0.25) is 9.59 Å². The van der Waals surface area contributed by atoms with Gasteiger partial charge in [-0.1, -0.05) is 45.0 Å². The van der Waals surface area contributed by atoms with Crippen molar-refractivity contribution in [3.63, 3.8) is 0 Å². The van der Waals surface area contributed by atoms with Crippen LogP contribution < -0.4 is 5.32 Å². The van der Waals surface area contributed by atoms with Gasteiger partial charge >= 0.3 is 5.97 Å². The molecule has 0 saturated heterocycles. The summed E-state index contributed by atoms with van der Waals surface area (Å²) < 4.78 is 0. The number of rotatable bonds is 8. The zero-order valence-electron chi connectivity index (χ0n) is 13.1. The van der Waals surface area contributed by atoms with Crippen molar-refractivity contribution in [2.75, 3.05) is 0 Å². The number of nitrogens with one attached hydrogen (secondary N) is 1. The van der Waals surface area contributed by atoms with Crippen molar-refractivity contribution >= 4 is 11.9 Å². The van der Waals surface area contributed by atoms with E-state index in [0.717, 1.165) is 12.0 Å². The Kier molecular flexibility index (Phi) is 6.92. The van der Waals surface area contributed by atoms with Gasteiger partial charge in [-0.25, -0.2) is 0 Å². The van der Waals surface area contributed by atoms with E-state index in [9.17, 15) is 9.59 Å². The molecule has 116 valence electrons. The molecule has 1 amide bonds. The zero-order valence-corrected chi connectivity index (χ0v) is 13.1. The largest absolute Gasteiger partial charge is 0.481 e. The molecule has 0 bridgehead atoms. The van der Waals surface area contributed by atoms with Crippen LogP contribution in [0.25, 0.3) is 0 Å². The minimum atomic E-state index is -0.885. The second-order valence-corrected chi connectivity index (χ2v) is 5.69. The Balaban J connectivity index is 2.46. The summed E-state index contributed by atoms with van der Waals surface area (Å²) in [5.41, 5.74) is 2.41. The standard InChI is InChI=1S/C17H25NO3/c1-4-13-5-7-14(8-6-13)9-10-16(19)18-15(12(2)3)11-17(20)21/h5-8,12,15H,4,9-11H2,1-3H3,(H,18,19)(H,20,21). The molecule has 0 aliphatic heterocycles. The van der Waals surface area contributed by atoms with Crippen molar-refractivity contribution in [3.05, 3.63) is 35.4 Å². The summed E-state index contributed by atoms with van der Waals surface area (Å²) in [5, 5.41) is 11.7. The molecule has 1 unspecified atom stereocenters. The highest BCUT2D eigenvalue weighted by Gasteiger charge is 2.19. The van der Waals surface area contributed by atoms with Crippen molar-refractivity contribution in [2.24, 2.45) is 5.92 Å². The Labute approximate surface area is 126 Å². The Hall–Kier alpha value is -1.84. The zero-order chi connectivity index (χ0) is 15.8. The number of carboxylic acids is 1. The fourth-order valence-electron chi connectivity index (χ4n) is 2.12. The average Bonchev–Trinajstić information content (AvgIpc) is 2.44. The molecule has 0 aliphatic carbocycles. The van der Waals surface area contributed by atoms with E-state index in [1.165, 1.54) is 5.56 Å². The maximum atomic E-state index is 11.9. The third-order valence-corrected chi connectivity index (χ3v) is 3.62. The van der Waals surface area contributed by atoms with Crippen molar-refractivity contribution in [1.29, 1.82) is 0 Å². The second kappa shape index (κ2) is 8.45. The highest BCUT2D eigenvalue weighted by molar-refractivity contribution is 5.77. The van der Waals surface area contributed by atoms with Crippen LogP contribution in [0.2, 0.25) is 0 Å². The molecule has 1 aromatic rings. The molecule has 0 aromatic heterocycles. The smallest absolute Gasteiger partial charge is 0.305 e. The monoisotopic (exact) mass is 291 g/mol. The number of carboxylic acid groups (broad SMARTS) is 1. The molecule has 0 heterocycles. The number of carbonyl (C=O) groups is 2. The highest BCUT2D eigenvalue weighted by Crippen LogP contribution is 2.09. The molecule has 0 spiro atoms. The van der Waals surface area contributed by atoms with Crippen molar-refractivity contribution in [3.8, 4) is 0 Å². The van der Waals surface area contributed by atoms with Crippen LogP contribution in [0, 0.1) is 5.92 Å². The number of hydrogen-bond acceptors (Lipinski definition) is 2. The van der Waals surface area contributed by atoms with E-state index in [-0.39, 0.29) is 24.3 Å². The molecular formula is C17H25NO3. The summed E-state index contributed by atoms with van der Waals surface area (Å²) in [6.45, 7) is 5.94. The Bertz CT molecular complexity index is 465. The molecule has 1 atom stereocenters. The minimum absolute atomic E-state index is 0.0331. The van der Waals surface area contributed by atoms with Gasteiger partial charge in [0.25, 0.3) is 0 Å². The first kappa shape index (κ1) is 17.2. The van der Waals surface area contributed by atoms with Crippen LogP contribution in [0.1, 0.15) is 44.7 Å². The van der Waals surface area contributed by atoms with E-state index in [0.29, 0.717) is 12.8 Å². The summed E-state index contributed by atoms with van der Waals surface area (Å²) in [5.74, 6) is -0.868. The minimum Gasteiger partial charge on any atom is -0.481 e. The Morgan fingerprint density at radius 1 is 1.14 bits per heavy atom. The molecule has 2 N–H and O–H groups in total. The van der Waals surface area contributed by atoms with Gasteiger partial charge in [0.05, 0.1) is 6.42 Å². The SMILES string of the molecule is CCc1ccc(CCC(=O)NC(CC(=O)O)C(C)C)cc1. The van der Waals surface area contributed by atoms with E-state index < -0.39 is 5.97 Å². The van der Waals surface area contributed by atoms with E-state index in [4.69, 9.17) is 5.11 Å². The lowest BCUT2D eigenvalue weighted by Gasteiger charge is -2.20. The summed E-state index contributed by atoms with van der Waals surface area (Å²) in [6.07, 6.45) is 2.03. The number of hydrogen-bond donors (Lipinski definition) is 2. The molecule has 4 heteroatoms. The van der Waals surface area contributed by atoms with Crippen molar-refractivity contribution in [1.82, 2.24) is 5.32 Å². The fourth-order valence-corrected chi connectivity index (χ4v) is 2.12. The van der Waals surface area contributed by atoms with Crippen LogP contribution in [0.4, 0.5) is 0 Å². The average molecular weight is 291 g/mol. The van der Waals surface area contributed by atoms with Gasteiger partial charge in [0.15, 0.2) is 0 Å². The first-order chi connectivity index (χ1) is 9.92. The third kappa shape index (κ3) is 6.43. The lowest BCUT2D eigenvalue weighted by Crippen LogP contribution is -2.40. The van der Waals surface area contributed by atoms with E-state index in [1.807, 2.05) is 26.0 Å². The fraction of sp³-hybridized carbons (Fsp3) is 0.529. The molecule has 0 saturated carbocycles. The molecular weight excluding hydrogens is 266 g/mol. The van der Waals surface area contributed by atoms with E-state index in [1.54, 1.807) is 0 Å². The molecule has 0 radical (unpaired) electrons. The van der Waals surface area contributed by atoms with Crippen LogP contribution in [0.15, 0.2) is 24.3 Å². The predicted molar refractivity (Wildman–Crippen MR) is 83.2 cm³/mol. The summed E-state index contributed by atoms with van der Waals surface area (Å²) in [7, 11) is 0. The quantitative estimate of drug-likeness (QED) is 0.774. The van der Waals surface area contributed by atoms with Crippen molar-refractivity contribution < 1.29 is 14.7 Å².